The fourth-order valence-corrected chi connectivity index (χ4v) is 2.64. The van der Waals surface area contributed by atoms with Crippen molar-refractivity contribution in [3.05, 3.63) is 18.6 Å². The van der Waals surface area contributed by atoms with Crippen molar-refractivity contribution in [2.75, 3.05) is 36.9 Å². The summed E-state index contributed by atoms with van der Waals surface area (Å²) in [6, 6.07) is 0. The van der Waals surface area contributed by atoms with Crippen LogP contribution >= 0.6 is 0 Å². The van der Waals surface area contributed by atoms with Crippen LogP contribution in [0.1, 0.15) is 0 Å². The Morgan fingerprint density at radius 1 is 1.22 bits per heavy atom. The number of fused-ring (bicyclic) bond motifs is 1. The Hall–Kier alpha value is -2.81. The van der Waals surface area contributed by atoms with E-state index in [1.54, 1.807) is 12.4 Å². The van der Waals surface area contributed by atoms with Gasteiger partial charge in [-0.25, -0.2) is 15.1 Å². The molecule has 0 spiro atoms. The van der Waals surface area contributed by atoms with Crippen LogP contribution < -0.4 is 15.3 Å². The SMILES string of the molecule is C[n+]1[nH]cc2c(-c3cnc(N)nc3)nc(N3CCOCC3)nc21. The van der Waals surface area contributed by atoms with Crippen molar-refractivity contribution in [3.63, 3.8) is 0 Å². The maximum atomic E-state index is 5.58. The van der Waals surface area contributed by atoms with Crippen molar-refractivity contribution in [2.24, 2.45) is 7.05 Å². The van der Waals surface area contributed by atoms with E-state index in [2.05, 4.69) is 25.0 Å². The lowest BCUT2D eigenvalue weighted by Crippen LogP contribution is -2.38. The number of rotatable bonds is 2. The summed E-state index contributed by atoms with van der Waals surface area (Å²) < 4.78 is 7.27. The third kappa shape index (κ3) is 2.44. The number of ether oxygens (including phenoxy) is 1. The van der Waals surface area contributed by atoms with Gasteiger partial charge in [0.15, 0.2) is 0 Å². The number of aromatic amines is 1. The lowest BCUT2D eigenvalue weighted by Gasteiger charge is -2.24. The number of H-pyrrole nitrogens is 1. The summed E-state index contributed by atoms with van der Waals surface area (Å²) in [6.07, 6.45) is 5.24. The van der Waals surface area contributed by atoms with Crippen LogP contribution in [0.2, 0.25) is 0 Å². The van der Waals surface area contributed by atoms with E-state index in [0.29, 0.717) is 19.2 Å². The summed E-state index contributed by atoms with van der Waals surface area (Å²) in [4.78, 5) is 19.7. The molecule has 9 nitrogen and oxygen atoms in total. The number of anilines is 2. The average molecular weight is 313 g/mol. The number of morpholine rings is 1. The predicted molar refractivity (Wildman–Crippen MR) is 83.5 cm³/mol. The maximum absolute atomic E-state index is 5.58. The number of aromatic nitrogens is 6. The van der Waals surface area contributed by atoms with Crippen LogP contribution in [0.5, 0.6) is 0 Å². The number of hydrogen-bond acceptors (Lipinski definition) is 7. The van der Waals surface area contributed by atoms with Gasteiger partial charge in [0, 0.05) is 36.0 Å². The zero-order valence-corrected chi connectivity index (χ0v) is 12.7. The number of nitrogens with zero attached hydrogens (tertiary/aromatic N) is 6. The first-order valence-corrected chi connectivity index (χ1v) is 7.38. The monoisotopic (exact) mass is 313 g/mol. The molecule has 1 fully saturated rings. The van der Waals surface area contributed by atoms with Crippen molar-refractivity contribution in [1.29, 1.82) is 0 Å². The first kappa shape index (κ1) is 13.8. The van der Waals surface area contributed by atoms with E-state index >= 15 is 0 Å². The highest BCUT2D eigenvalue weighted by Gasteiger charge is 2.25. The second-order valence-electron chi connectivity index (χ2n) is 5.37. The standard InChI is InChI=1S/C14H16N8O/c1-21-12-10(8-18-21)11(9-6-16-13(15)17-7-9)19-14(20-12)22-2-4-23-5-3-22/h6-8H,2-5H2,1H3,(H2,15,16,17,18,19,20)/p+1. The molecule has 3 N–H and O–H groups in total. The molecule has 3 aromatic rings. The molecule has 0 saturated carbocycles. The minimum absolute atomic E-state index is 0.243. The van der Waals surface area contributed by atoms with E-state index in [1.807, 2.05) is 17.9 Å². The van der Waals surface area contributed by atoms with Crippen molar-refractivity contribution < 1.29 is 9.42 Å². The molecule has 1 saturated heterocycles. The number of nitrogens with one attached hydrogen (secondary N) is 1. The fraction of sp³-hybridized carbons (Fsp3) is 0.357. The second-order valence-corrected chi connectivity index (χ2v) is 5.37. The van der Waals surface area contributed by atoms with E-state index in [0.717, 1.165) is 35.4 Å². The van der Waals surface area contributed by atoms with Crippen molar-refractivity contribution in [1.82, 2.24) is 25.0 Å². The van der Waals surface area contributed by atoms with E-state index < -0.39 is 0 Å². The Balaban J connectivity index is 1.89. The minimum atomic E-state index is 0.243. The lowest BCUT2D eigenvalue weighted by atomic mass is 10.2. The molecule has 4 rings (SSSR count). The summed E-state index contributed by atoms with van der Waals surface area (Å²) in [5.74, 6) is 0.926. The van der Waals surface area contributed by atoms with Crippen LogP contribution in [0.3, 0.4) is 0 Å². The normalized spacial score (nSPS) is 15.3. The highest BCUT2D eigenvalue weighted by molar-refractivity contribution is 5.88. The van der Waals surface area contributed by atoms with Crippen LogP contribution in [0, 0.1) is 0 Å². The zero-order chi connectivity index (χ0) is 15.8. The van der Waals surface area contributed by atoms with Crippen LogP contribution in [0.15, 0.2) is 18.6 Å². The van der Waals surface area contributed by atoms with Gasteiger partial charge in [-0.05, 0) is 0 Å². The van der Waals surface area contributed by atoms with Crippen molar-refractivity contribution in [2.45, 2.75) is 0 Å². The largest absolute Gasteiger partial charge is 0.378 e. The number of nitrogen functional groups attached to an aromatic ring is 1. The van der Waals surface area contributed by atoms with Gasteiger partial charge < -0.3 is 15.4 Å². The lowest BCUT2D eigenvalue weighted by molar-refractivity contribution is -0.704. The van der Waals surface area contributed by atoms with Crippen molar-refractivity contribution >= 4 is 22.9 Å². The summed E-state index contributed by atoms with van der Waals surface area (Å²) in [5, 5.41) is 4.05. The summed E-state index contributed by atoms with van der Waals surface area (Å²) in [7, 11) is 1.92. The Morgan fingerprint density at radius 3 is 2.70 bits per heavy atom. The third-order valence-corrected chi connectivity index (χ3v) is 3.87. The van der Waals surface area contributed by atoms with Gasteiger partial charge in [-0.15, -0.1) is 0 Å². The van der Waals surface area contributed by atoms with Crippen LogP contribution in [-0.2, 0) is 11.8 Å². The highest BCUT2D eigenvalue weighted by Crippen LogP contribution is 2.26. The first-order chi connectivity index (χ1) is 11.2. The quantitative estimate of drug-likeness (QED) is 0.623. The number of aryl methyl sites for hydroxylation is 1. The minimum Gasteiger partial charge on any atom is -0.378 e. The van der Waals surface area contributed by atoms with Gasteiger partial charge in [0.25, 0.3) is 0 Å². The molecule has 1 aliphatic heterocycles. The van der Waals surface area contributed by atoms with Crippen LogP contribution in [0.25, 0.3) is 22.3 Å². The molecular weight excluding hydrogens is 296 g/mol. The number of nitrogens with two attached hydrogens (primary N) is 1. The van der Waals surface area contributed by atoms with Crippen molar-refractivity contribution in [3.8, 4) is 11.3 Å². The van der Waals surface area contributed by atoms with E-state index in [9.17, 15) is 0 Å². The average Bonchev–Trinajstić information content (AvgIpc) is 2.97. The molecule has 9 heteroatoms. The van der Waals surface area contributed by atoms with E-state index in [4.69, 9.17) is 15.5 Å². The molecule has 0 amide bonds. The molecule has 118 valence electrons. The molecule has 3 aromatic heterocycles. The van der Waals surface area contributed by atoms with Gasteiger partial charge >= 0.3 is 11.6 Å². The molecule has 0 aliphatic carbocycles. The molecule has 0 unspecified atom stereocenters. The van der Waals surface area contributed by atoms with E-state index in [1.165, 1.54) is 0 Å². The topological polar surface area (TPSA) is 110 Å². The molecule has 1 aliphatic rings. The highest BCUT2D eigenvalue weighted by atomic mass is 16.5. The molecule has 0 bridgehead atoms. The summed E-state index contributed by atoms with van der Waals surface area (Å²) in [5.41, 5.74) is 8.00. The predicted octanol–water partition coefficient (Wildman–Crippen LogP) is -0.342. The van der Waals surface area contributed by atoms with Gasteiger partial charge in [-0.2, -0.15) is 9.67 Å². The number of hydrogen-bond donors (Lipinski definition) is 2. The molecule has 23 heavy (non-hydrogen) atoms. The van der Waals surface area contributed by atoms with Gasteiger partial charge in [0.05, 0.1) is 25.1 Å². The fourth-order valence-electron chi connectivity index (χ4n) is 2.64. The maximum Gasteiger partial charge on any atom is 0.356 e. The Labute approximate surface area is 132 Å². The van der Waals surface area contributed by atoms with Gasteiger partial charge in [0.2, 0.25) is 5.95 Å². The van der Waals surface area contributed by atoms with Gasteiger partial charge in [-0.1, -0.05) is 0 Å². The third-order valence-electron chi connectivity index (χ3n) is 3.87. The molecular formula is C14H17N8O+. The van der Waals surface area contributed by atoms with Crippen LogP contribution in [-0.4, -0.2) is 51.3 Å². The molecule has 4 heterocycles. The zero-order valence-electron chi connectivity index (χ0n) is 12.7. The molecule has 0 aromatic carbocycles. The van der Waals surface area contributed by atoms with Gasteiger partial charge in [0.1, 0.15) is 12.4 Å². The Bertz CT molecular complexity index is 838. The van der Waals surface area contributed by atoms with Crippen LogP contribution in [0.4, 0.5) is 11.9 Å². The Kier molecular flexibility index (Phi) is 3.27. The first-order valence-electron chi connectivity index (χ1n) is 7.38. The molecule has 0 radical (unpaired) electrons. The Morgan fingerprint density at radius 2 is 1.96 bits per heavy atom. The molecule has 0 atom stereocenters. The second kappa shape index (κ2) is 5.43. The summed E-state index contributed by atoms with van der Waals surface area (Å²) >= 11 is 0. The smallest absolute Gasteiger partial charge is 0.356 e. The van der Waals surface area contributed by atoms with Gasteiger partial charge in [-0.3, -0.25) is 0 Å². The summed E-state index contributed by atoms with van der Waals surface area (Å²) in [6.45, 7) is 2.91. The van der Waals surface area contributed by atoms with E-state index in [-0.39, 0.29) is 5.95 Å².